The Morgan fingerprint density at radius 3 is 3.06 bits per heavy atom. The summed E-state index contributed by atoms with van der Waals surface area (Å²) in [5, 5.41) is 3.50. The molecule has 0 radical (unpaired) electrons. The maximum absolute atomic E-state index is 13.4. The molecule has 0 aliphatic carbocycles. The molecule has 2 nitrogen and oxygen atoms in total. The Labute approximate surface area is 106 Å². The van der Waals surface area contributed by atoms with Crippen LogP contribution >= 0.6 is 11.6 Å². The molecule has 0 aromatic heterocycles. The van der Waals surface area contributed by atoms with E-state index in [9.17, 15) is 4.39 Å². The molecule has 1 unspecified atom stereocenters. The number of anilines is 1. The van der Waals surface area contributed by atoms with Crippen molar-refractivity contribution in [2.75, 3.05) is 18.5 Å². The molecule has 0 amide bonds. The topological polar surface area (TPSA) is 21.3 Å². The van der Waals surface area contributed by atoms with Crippen molar-refractivity contribution in [1.29, 1.82) is 0 Å². The van der Waals surface area contributed by atoms with Gasteiger partial charge < -0.3 is 10.1 Å². The van der Waals surface area contributed by atoms with E-state index in [1.54, 1.807) is 12.1 Å². The van der Waals surface area contributed by atoms with Gasteiger partial charge in [-0.15, -0.1) is 0 Å². The molecule has 17 heavy (non-hydrogen) atoms. The van der Waals surface area contributed by atoms with Crippen molar-refractivity contribution >= 4 is 17.3 Å². The third kappa shape index (κ3) is 3.86. The summed E-state index contributed by atoms with van der Waals surface area (Å²) in [4.78, 5) is 0. The van der Waals surface area contributed by atoms with Crippen LogP contribution in [0.4, 0.5) is 10.1 Å². The average molecular weight is 258 g/mol. The van der Waals surface area contributed by atoms with Crippen LogP contribution in [0.15, 0.2) is 18.2 Å². The quantitative estimate of drug-likeness (QED) is 0.809. The number of benzene rings is 1. The monoisotopic (exact) mass is 257 g/mol. The molecule has 1 heterocycles. The minimum Gasteiger partial charge on any atom is -0.383 e. The Morgan fingerprint density at radius 2 is 2.35 bits per heavy atom. The summed E-state index contributed by atoms with van der Waals surface area (Å²) in [6, 6.07) is 4.68. The predicted octanol–water partition coefficient (Wildman–Crippen LogP) is 3.85. The van der Waals surface area contributed by atoms with Gasteiger partial charge in [0, 0.05) is 18.2 Å². The normalized spacial score (nSPS) is 19.5. The lowest BCUT2D eigenvalue weighted by atomic mass is 10.1. The van der Waals surface area contributed by atoms with Gasteiger partial charge in [-0.05, 0) is 43.9 Å². The molecule has 4 heteroatoms. The number of rotatable bonds is 5. The highest BCUT2D eigenvalue weighted by molar-refractivity contribution is 6.30. The highest BCUT2D eigenvalue weighted by Gasteiger charge is 2.14. The standard InChI is InChI=1S/C13H17ClFNO/c14-10-5-6-13(12(15)9-10)16-7-1-3-11-4-2-8-17-11/h5-6,9,11,16H,1-4,7-8H2. The molecule has 1 atom stereocenters. The summed E-state index contributed by atoms with van der Waals surface area (Å²) < 4.78 is 18.9. The molecule has 0 spiro atoms. The molecule has 1 saturated heterocycles. The molecular weight excluding hydrogens is 241 g/mol. The largest absolute Gasteiger partial charge is 0.383 e. The molecule has 1 aliphatic heterocycles. The fourth-order valence-corrected chi connectivity index (χ4v) is 2.22. The third-order valence-electron chi connectivity index (χ3n) is 2.97. The summed E-state index contributed by atoms with van der Waals surface area (Å²) in [6.45, 7) is 1.66. The predicted molar refractivity (Wildman–Crippen MR) is 68.1 cm³/mol. The van der Waals surface area contributed by atoms with Crippen LogP contribution in [0.1, 0.15) is 25.7 Å². The highest BCUT2D eigenvalue weighted by Crippen LogP contribution is 2.20. The second-order valence-electron chi connectivity index (χ2n) is 4.33. The summed E-state index contributed by atoms with van der Waals surface area (Å²) in [6.07, 6.45) is 4.78. The summed E-state index contributed by atoms with van der Waals surface area (Å²) in [7, 11) is 0. The first-order valence-corrected chi connectivity index (χ1v) is 6.44. The van der Waals surface area contributed by atoms with E-state index in [1.165, 1.54) is 12.5 Å². The van der Waals surface area contributed by atoms with E-state index in [2.05, 4.69) is 5.32 Å². The van der Waals surface area contributed by atoms with Crippen LogP contribution in [0.2, 0.25) is 5.02 Å². The van der Waals surface area contributed by atoms with E-state index in [4.69, 9.17) is 16.3 Å². The zero-order valence-corrected chi connectivity index (χ0v) is 10.5. The van der Waals surface area contributed by atoms with Crippen molar-refractivity contribution < 1.29 is 9.13 Å². The van der Waals surface area contributed by atoms with Crippen LogP contribution in [-0.2, 0) is 4.74 Å². The summed E-state index contributed by atoms with van der Waals surface area (Å²) in [5.41, 5.74) is 0.516. The molecule has 1 aliphatic rings. The Bertz CT molecular complexity index is 366. The minimum atomic E-state index is -0.297. The number of nitrogens with one attached hydrogen (secondary N) is 1. The SMILES string of the molecule is Fc1cc(Cl)ccc1NCCCC1CCCO1. The average Bonchev–Trinajstić information content (AvgIpc) is 2.79. The van der Waals surface area contributed by atoms with Gasteiger partial charge in [0.1, 0.15) is 5.82 Å². The first-order chi connectivity index (χ1) is 8.25. The third-order valence-corrected chi connectivity index (χ3v) is 3.21. The number of ether oxygens (including phenoxy) is 1. The van der Waals surface area contributed by atoms with Crippen molar-refractivity contribution in [1.82, 2.24) is 0 Å². The van der Waals surface area contributed by atoms with E-state index in [0.29, 0.717) is 16.8 Å². The van der Waals surface area contributed by atoms with Crippen molar-refractivity contribution in [3.8, 4) is 0 Å². The molecule has 1 N–H and O–H groups in total. The van der Waals surface area contributed by atoms with E-state index in [0.717, 1.165) is 32.4 Å². The summed E-state index contributed by atoms with van der Waals surface area (Å²) >= 11 is 5.68. The van der Waals surface area contributed by atoms with Crippen LogP contribution in [0.3, 0.4) is 0 Å². The van der Waals surface area contributed by atoms with Gasteiger partial charge >= 0.3 is 0 Å². The van der Waals surface area contributed by atoms with Crippen molar-refractivity contribution in [2.24, 2.45) is 0 Å². The molecule has 1 aromatic rings. The van der Waals surface area contributed by atoms with E-state index in [-0.39, 0.29) is 5.82 Å². The smallest absolute Gasteiger partial charge is 0.147 e. The zero-order chi connectivity index (χ0) is 12.1. The van der Waals surface area contributed by atoms with Crippen LogP contribution in [-0.4, -0.2) is 19.3 Å². The highest BCUT2D eigenvalue weighted by atomic mass is 35.5. The van der Waals surface area contributed by atoms with Crippen LogP contribution < -0.4 is 5.32 Å². The Hall–Kier alpha value is -0.800. The van der Waals surface area contributed by atoms with Crippen molar-refractivity contribution in [3.05, 3.63) is 29.0 Å². The molecular formula is C13H17ClFNO. The minimum absolute atomic E-state index is 0.297. The molecule has 0 saturated carbocycles. The summed E-state index contributed by atoms with van der Waals surface area (Å²) in [5.74, 6) is -0.297. The fraction of sp³-hybridized carbons (Fsp3) is 0.538. The van der Waals surface area contributed by atoms with Gasteiger partial charge in [0.05, 0.1) is 11.8 Å². The maximum atomic E-state index is 13.4. The van der Waals surface area contributed by atoms with E-state index < -0.39 is 0 Å². The Morgan fingerprint density at radius 1 is 1.47 bits per heavy atom. The molecule has 1 fully saturated rings. The first-order valence-electron chi connectivity index (χ1n) is 6.06. The number of hydrogen-bond acceptors (Lipinski definition) is 2. The van der Waals surface area contributed by atoms with E-state index >= 15 is 0 Å². The number of halogens is 2. The van der Waals surface area contributed by atoms with Gasteiger partial charge in [-0.1, -0.05) is 11.6 Å². The van der Waals surface area contributed by atoms with E-state index in [1.807, 2.05) is 0 Å². The van der Waals surface area contributed by atoms with Crippen LogP contribution in [0.25, 0.3) is 0 Å². The zero-order valence-electron chi connectivity index (χ0n) is 9.72. The second kappa shape index (κ2) is 6.22. The van der Waals surface area contributed by atoms with Crippen molar-refractivity contribution in [3.63, 3.8) is 0 Å². The van der Waals surface area contributed by atoms with Gasteiger partial charge in [-0.3, -0.25) is 0 Å². The Kier molecular flexibility index (Phi) is 4.63. The van der Waals surface area contributed by atoms with Gasteiger partial charge in [0.25, 0.3) is 0 Å². The van der Waals surface area contributed by atoms with Crippen molar-refractivity contribution in [2.45, 2.75) is 31.8 Å². The lowest BCUT2D eigenvalue weighted by Gasteiger charge is -2.10. The van der Waals surface area contributed by atoms with Gasteiger partial charge in [-0.2, -0.15) is 0 Å². The van der Waals surface area contributed by atoms with Gasteiger partial charge in [0.2, 0.25) is 0 Å². The molecule has 1 aromatic carbocycles. The van der Waals surface area contributed by atoms with Gasteiger partial charge in [-0.25, -0.2) is 4.39 Å². The second-order valence-corrected chi connectivity index (χ2v) is 4.76. The Balaban J connectivity index is 1.70. The molecule has 0 bridgehead atoms. The van der Waals surface area contributed by atoms with Crippen LogP contribution in [0, 0.1) is 5.82 Å². The maximum Gasteiger partial charge on any atom is 0.147 e. The number of hydrogen-bond donors (Lipinski definition) is 1. The lowest BCUT2D eigenvalue weighted by molar-refractivity contribution is 0.103. The van der Waals surface area contributed by atoms with Crippen LogP contribution in [0.5, 0.6) is 0 Å². The van der Waals surface area contributed by atoms with Gasteiger partial charge in [0.15, 0.2) is 0 Å². The first kappa shape index (κ1) is 12.7. The lowest BCUT2D eigenvalue weighted by Crippen LogP contribution is -2.09. The fourth-order valence-electron chi connectivity index (χ4n) is 2.06. The molecule has 94 valence electrons. The molecule has 2 rings (SSSR count).